The van der Waals surface area contributed by atoms with E-state index in [1.807, 2.05) is 31.2 Å². The van der Waals surface area contributed by atoms with Gasteiger partial charge in [-0.05, 0) is 44.9 Å². The minimum absolute atomic E-state index is 0.0864. The van der Waals surface area contributed by atoms with Crippen LogP contribution in [0, 0.1) is 12.8 Å². The topological polar surface area (TPSA) is 41.1 Å². The van der Waals surface area contributed by atoms with Crippen LogP contribution < -0.4 is 10.6 Å². The molecule has 1 aromatic carbocycles. The van der Waals surface area contributed by atoms with Crippen LogP contribution in [-0.2, 0) is 4.79 Å². The van der Waals surface area contributed by atoms with Gasteiger partial charge in [0.15, 0.2) is 0 Å². The second-order valence-corrected chi connectivity index (χ2v) is 4.80. The molecule has 0 spiro atoms. The Morgan fingerprint density at radius 1 is 1.41 bits per heavy atom. The third-order valence-electron chi connectivity index (χ3n) is 3.50. The first-order chi connectivity index (χ1) is 8.18. The fourth-order valence-electron chi connectivity index (χ4n) is 2.34. The molecule has 1 aromatic rings. The minimum atomic E-state index is 0.0864. The molecule has 2 unspecified atom stereocenters. The molecule has 1 saturated heterocycles. The van der Waals surface area contributed by atoms with Crippen molar-refractivity contribution in [2.24, 2.45) is 5.92 Å². The minimum Gasteiger partial charge on any atom is -0.326 e. The third kappa shape index (κ3) is 2.86. The Morgan fingerprint density at radius 2 is 2.18 bits per heavy atom. The highest BCUT2D eigenvalue weighted by Crippen LogP contribution is 2.20. The molecular weight excluding hydrogens is 212 g/mol. The SMILES string of the molecule is Cc1ccccc1NC(=O)C1CCCNC1C. The number of para-hydroxylation sites is 1. The van der Waals surface area contributed by atoms with Crippen LogP contribution in [0.15, 0.2) is 24.3 Å². The summed E-state index contributed by atoms with van der Waals surface area (Å²) in [6.45, 7) is 5.12. The summed E-state index contributed by atoms with van der Waals surface area (Å²) >= 11 is 0. The van der Waals surface area contributed by atoms with Gasteiger partial charge in [-0.3, -0.25) is 4.79 Å². The van der Waals surface area contributed by atoms with Crippen molar-refractivity contribution in [1.29, 1.82) is 0 Å². The van der Waals surface area contributed by atoms with Crippen LogP contribution in [0.4, 0.5) is 5.69 Å². The Labute approximate surface area is 103 Å². The van der Waals surface area contributed by atoms with Crippen LogP contribution in [0.5, 0.6) is 0 Å². The maximum absolute atomic E-state index is 12.2. The van der Waals surface area contributed by atoms with Crippen molar-refractivity contribution < 1.29 is 4.79 Å². The summed E-state index contributed by atoms with van der Waals surface area (Å²) in [4.78, 5) is 12.2. The Hall–Kier alpha value is -1.35. The van der Waals surface area contributed by atoms with Crippen LogP contribution in [0.2, 0.25) is 0 Å². The molecular formula is C14H20N2O. The molecule has 0 aromatic heterocycles. The summed E-state index contributed by atoms with van der Waals surface area (Å²) in [7, 11) is 0. The van der Waals surface area contributed by atoms with Crippen molar-refractivity contribution >= 4 is 11.6 Å². The normalized spacial score (nSPS) is 24.4. The highest BCUT2D eigenvalue weighted by molar-refractivity contribution is 5.93. The molecule has 0 saturated carbocycles. The average molecular weight is 232 g/mol. The largest absolute Gasteiger partial charge is 0.326 e. The first-order valence-corrected chi connectivity index (χ1v) is 6.28. The number of piperidine rings is 1. The van der Waals surface area contributed by atoms with Gasteiger partial charge in [0.1, 0.15) is 0 Å². The van der Waals surface area contributed by atoms with E-state index >= 15 is 0 Å². The highest BCUT2D eigenvalue weighted by atomic mass is 16.1. The molecule has 0 aliphatic carbocycles. The van der Waals surface area contributed by atoms with E-state index in [9.17, 15) is 4.79 Å². The van der Waals surface area contributed by atoms with Crippen molar-refractivity contribution in [2.45, 2.75) is 32.7 Å². The lowest BCUT2D eigenvalue weighted by Crippen LogP contribution is -2.44. The van der Waals surface area contributed by atoms with Crippen LogP contribution in [0.25, 0.3) is 0 Å². The van der Waals surface area contributed by atoms with Gasteiger partial charge in [0.05, 0.1) is 5.92 Å². The van der Waals surface area contributed by atoms with Crippen molar-refractivity contribution in [1.82, 2.24) is 5.32 Å². The van der Waals surface area contributed by atoms with Gasteiger partial charge >= 0.3 is 0 Å². The molecule has 1 aliphatic heterocycles. The number of carbonyl (C=O) groups excluding carboxylic acids is 1. The number of rotatable bonds is 2. The number of aryl methyl sites for hydroxylation is 1. The standard InChI is InChI=1S/C14H20N2O/c1-10-6-3-4-8-13(10)16-14(17)12-7-5-9-15-11(12)2/h3-4,6,8,11-12,15H,5,7,9H2,1-2H3,(H,16,17). The van der Waals surface area contributed by atoms with E-state index < -0.39 is 0 Å². The van der Waals surface area contributed by atoms with E-state index in [-0.39, 0.29) is 17.9 Å². The van der Waals surface area contributed by atoms with E-state index in [0.29, 0.717) is 0 Å². The molecule has 1 amide bonds. The van der Waals surface area contributed by atoms with E-state index in [2.05, 4.69) is 17.6 Å². The Bertz CT molecular complexity index is 403. The molecule has 1 heterocycles. The van der Waals surface area contributed by atoms with Crippen molar-refractivity contribution in [3.63, 3.8) is 0 Å². The maximum atomic E-state index is 12.2. The number of hydrogen-bond donors (Lipinski definition) is 2. The van der Waals surface area contributed by atoms with Gasteiger partial charge in [-0.2, -0.15) is 0 Å². The second-order valence-electron chi connectivity index (χ2n) is 4.80. The van der Waals surface area contributed by atoms with E-state index in [1.165, 1.54) is 0 Å². The van der Waals surface area contributed by atoms with Gasteiger partial charge in [-0.15, -0.1) is 0 Å². The zero-order chi connectivity index (χ0) is 12.3. The monoisotopic (exact) mass is 232 g/mol. The molecule has 0 radical (unpaired) electrons. The second kappa shape index (κ2) is 5.32. The lowest BCUT2D eigenvalue weighted by molar-refractivity contribution is -0.121. The molecule has 2 rings (SSSR count). The first kappa shape index (κ1) is 12.1. The highest BCUT2D eigenvalue weighted by Gasteiger charge is 2.27. The van der Waals surface area contributed by atoms with E-state index in [1.54, 1.807) is 0 Å². The fraction of sp³-hybridized carbons (Fsp3) is 0.500. The lowest BCUT2D eigenvalue weighted by Gasteiger charge is -2.29. The lowest BCUT2D eigenvalue weighted by atomic mass is 9.91. The molecule has 0 bridgehead atoms. The van der Waals surface area contributed by atoms with Crippen molar-refractivity contribution in [3.05, 3.63) is 29.8 Å². The van der Waals surface area contributed by atoms with Gasteiger partial charge in [0.2, 0.25) is 5.91 Å². The summed E-state index contributed by atoms with van der Waals surface area (Å²) in [6, 6.07) is 8.17. The van der Waals surface area contributed by atoms with Gasteiger partial charge in [-0.25, -0.2) is 0 Å². The van der Waals surface area contributed by atoms with E-state index in [4.69, 9.17) is 0 Å². The predicted molar refractivity (Wildman–Crippen MR) is 70.0 cm³/mol. The smallest absolute Gasteiger partial charge is 0.229 e. The summed E-state index contributed by atoms with van der Waals surface area (Å²) < 4.78 is 0. The number of hydrogen-bond acceptors (Lipinski definition) is 2. The molecule has 92 valence electrons. The van der Waals surface area contributed by atoms with Gasteiger partial charge in [-0.1, -0.05) is 18.2 Å². The van der Waals surface area contributed by atoms with Crippen molar-refractivity contribution in [2.75, 3.05) is 11.9 Å². The quantitative estimate of drug-likeness (QED) is 0.821. The van der Waals surface area contributed by atoms with Crippen LogP contribution in [0.1, 0.15) is 25.3 Å². The number of amides is 1. The zero-order valence-corrected chi connectivity index (χ0v) is 10.5. The zero-order valence-electron chi connectivity index (χ0n) is 10.5. The van der Waals surface area contributed by atoms with Crippen LogP contribution in [-0.4, -0.2) is 18.5 Å². The van der Waals surface area contributed by atoms with E-state index in [0.717, 1.165) is 30.6 Å². The predicted octanol–water partition coefficient (Wildman–Crippen LogP) is 2.32. The molecule has 3 heteroatoms. The molecule has 3 nitrogen and oxygen atoms in total. The summed E-state index contributed by atoms with van der Waals surface area (Å²) in [5.74, 6) is 0.224. The Kier molecular flexibility index (Phi) is 3.79. The first-order valence-electron chi connectivity index (χ1n) is 6.28. The summed E-state index contributed by atoms with van der Waals surface area (Å²) in [6.07, 6.45) is 2.06. The molecule has 17 heavy (non-hydrogen) atoms. The van der Waals surface area contributed by atoms with Gasteiger partial charge in [0, 0.05) is 11.7 Å². The Balaban J connectivity index is 2.03. The number of anilines is 1. The fourth-order valence-corrected chi connectivity index (χ4v) is 2.34. The number of carbonyl (C=O) groups is 1. The molecule has 1 aliphatic rings. The van der Waals surface area contributed by atoms with Crippen molar-refractivity contribution in [3.8, 4) is 0 Å². The summed E-state index contributed by atoms with van der Waals surface area (Å²) in [5.41, 5.74) is 2.03. The summed E-state index contributed by atoms with van der Waals surface area (Å²) in [5, 5.41) is 6.38. The van der Waals surface area contributed by atoms with Crippen LogP contribution >= 0.6 is 0 Å². The van der Waals surface area contributed by atoms with Crippen LogP contribution in [0.3, 0.4) is 0 Å². The van der Waals surface area contributed by atoms with Gasteiger partial charge in [0.25, 0.3) is 0 Å². The van der Waals surface area contributed by atoms with Gasteiger partial charge < -0.3 is 10.6 Å². The molecule has 2 atom stereocenters. The molecule has 1 fully saturated rings. The number of benzene rings is 1. The molecule has 2 N–H and O–H groups in total. The third-order valence-corrected chi connectivity index (χ3v) is 3.50. The average Bonchev–Trinajstić information content (AvgIpc) is 2.32. The number of nitrogens with one attached hydrogen (secondary N) is 2. The maximum Gasteiger partial charge on any atom is 0.229 e. The Morgan fingerprint density at radius 3 is 2.88 bits per heavy atom.